The van der Waals surface area contributed by atoms with Crippen molar-refractivity contribution in [3.8, 4) is 11.1 Å². The van der Waals surface area contributed by atoms with E-state index in [1.807, 2.05) is 45.0 Å². The van der Waals surface area contributed by atoms with Crippen LogP contribution in [0.5, 0.6) is 0 Å². The van der Waals surface area contributed by atoms with Crippen molar-refractivity contribution in [3.63, 3.8) is 0 Å². The number of alkyl carbamates (subject to hydrolysis) is 1. The van der Waals surface area contributed by atoms with Crippen molar-refractivity contribution >= 4 is 12.0 Å². The second-order valence-electron chi connectivity index (χ2n) is 8.19. The van der Waals surface area contributed by atoms with Gasteiger partial charge in [-0.25, -0.2) is 4.79 Å². The third-order valence-corrected chi connectivity index (χ3v) is 4.80. The number of carbonyl (C=O) groups is 2. The summed E-state index contributed by atoms with van der Waals surface area (Å²) in [5, 5.41) is 2.61. The molecule has 0 saturated heterocycles. The van der Waals surface area contributed by atoms with Crippen molar-refractivity contribution in [2.45, 2.75) is 39.2 Å². The molecule has 0 fully saturated rings. The SMILES string of the molecule is CC(C)(C)CC(NC(=O)OCC1c2ccccc2-c2ccccc21)C(N)=O. The molecule has 5 heteroatoms. The van der Waals surface area contributed by atoms with E-state index in [2.05, 4.69) is 29.6 Å². The van der Waals surface area contributed by atoms with E-state index in [0.717, 1.165) is 11.1 Å². The maximum Gasteiger partial charge on any atom is 0.407 e. The first-order valence-corrected chi connectivity index (χ1v) is 9.17. The predicted molar refractivity (Wildman–Crippen MR) is 105 cm³/mol. The van der Waals surface area contributed by atoms with Gasteiger partial charge in [-0.2, -0.15) is 0 Å². The summed E-state index contributed by atoms with van der Waals surface area (Å²) < 4.78 is 5.48. The molecule has 1 aliphatic rings. The summed E-state index contributed by atoms with van der Waals surface area (Å²) in [7, 11) is 0. The summed E-state index contributed by atoms with van der Waals surface area (Å²) in [5.74, 6) is -0.573. The number of hydrogen-bond acceptors (Lipinski definition) is 3. The molecule has 2 aromatic rings. The lowest BCUT2D eigenvalue weighted by Crippen LogP contribution is -2.46. The molecule has 1 unspecified atom stereocenters. The molecule has 3 N–H and O–H groups in total. The third kappa shape index (κ3) is 4.30. The van der Waals surface area contributed by atoms with E-state index >= 15 is 0 Å². The second-order valence-corrected chi connectivity index (χ2v) is 8.19. The average molecular weight is 366 g/mol. The fourth-order valence-electron chi connectivity index (χ4n) is 3.62. The van der Waals surface area contributed by atoms with Gasteiger partial charge < -0.3 is 15.8 Å². The largest absolute Gasteiger partial charge is 0.449 e. The van der Waals surface area contributed by atoms with Crippen LogP contribution in [0.3, 0.4) is 0 Å². The smallest absolute Gasteiger partial charge is 0.407 e. The van der Waals surface area contributed by atoms with E-state index in [1.54, 1.807) is 0 Å². The Morgan fingerprint density at radius 1 is 1.04 bits per heavy atom. The number of ether oxygens (including phenoxy) is 1. The van der Waals surface area contributed by atoms with Gasteiger partial charge in [0.1, 0.15) is 12.6 Å². The Bertz CT molecular complexity index is 809. The van der Waals surface area contributed by atoms with Crippen LogP contribution in [-0.2, 0) is 9.53 Å². The van der Waals surface area contributed by atoms with Gasteiger partial charge in [-0.05, 0) is 34.1 Å². The van der Waals surface area contributed by atoms with E-state index in [9.17, 15) is 9.59 Å². The highest BCUT2D eigenvalue weighted by atomic mass is 16.5. The highest BCUT2D eigenvalue weighted by Gasteiger charge is 2.30. The van der Waals surface area contributed by atoms with Gasteiger partial charge >= 0.3 is 6.09 Å². The number of fused-ring (bicyclic) bond motifs is 3. The van der Waals surface area contributed by atoms with Gasteiger partial charge in [-0.1, -0.05) is 69.3 Å². The Hall–Kier alpha value is -2.82. The highest BCUT2D eigenvalue weighted by Crippen LogP contribution is 2.44. The zero-order chi connectivity index (χ0) is 19.6. The minimum atomic E-state index is -0.749. The summed E-state index contributed by atoms with van der Waals surface area (Å²) in [6.07, 6.45) is -0.170. The fraction of sp³-hybridized carbons (Fsp3) is 0.364. The first-order valence-electron chi connectivity index (χ1n) is 9.17. The minimum absolute atomic E-state index is 0.0159. The van der Waals surface area contributed by atoms with Crippen LogP contribution in [0, 0.1) is 5.41 Å². The van der Waals surface area contributed by atoms with E-state index in [1.165, 1.54) is 11.1 Å². The Kier molecular flexibility index (Phi) is 5.22. The van der Waals surface area contributed by atoms with E-state index in [-0.39, 0.29) is 17.9 Å². The van der Waals surface area contributed by atoms with Crippen LogP contribution in [0.25, 0.3) is 11.1 Å². The van der Waals surface area contributed by atoms with Gasteiger partial charge in [-0.3, -0.25) is 4.79 Å². The Labute approximate surface area is 159 Å². The third-order valence-electron chi connectivity index (χ3n) is 4.80. The summed E-state index contributed by atoms with van der Waals surface area (Å²) in [4.78, 5) is 23.9. The molecule has 3 rings (SSSR count). The first kappa shape index (κ1) is 19.0. The molecule has 0 saturated carbocycles. The van der Waals surface area contributed by atoms with Gasteiger partial charge in [0.2, 0.25) is 5.91 Å². The zero-order valence-corrected chi connectivity index (χ0v) is 16.0. The quantitative estimate of drug-likeness (QED) is 0.844. The van der Waals surface area contributed by atoms with Crippen LogP contribution >= 0.6 is 0 Å². The number of rotatable bonds is 5. The number of primary amides is 1. The maximum atomic E-state index is 12.3. The van der Waals surface area contributed by atoms with Gasteiger partial charge in [0.15, 0.2) is 0 Å². The van der Waals surface area contributed by atoms with Crippen LogP contribution in [-0.4, -0.2) is 24.6 Å². The summed E-state index contributed by atoms with van der Waals surface area (Å²) >= 11 is 0. The molecule has 0 bridgehead atoms. The number of benzene rings is 2. The molecule has 5 nitrogen and oxygen atoms in total. The molecule has 0 aliphatic heterocycles. The van der Waals surface area contributed by atoms with Gasteiger partial charge in [0, 0.05) is 5.92 Å². The lowest BCUT2D eigenvalue weighted by molar-refractivity contribution is -0.120. The number of nitrogens with one attached hydrogen (secondary N) is 1. The van der Waals surface area contributed by atoms with Crippen LogP contribution < -0.4 is 11.1 Å². The van der Waals surface area contributed by atoms with Crippen LogP contribution in [0.15, 0.2) is 48.5 Å². The molecule has 0 radical (unpaired) electrons. The van der Waals surface area contributed by atoms with E-state index in [4.69, 9.17) is 10.5 Å². The van der Waals surface area contributed by atoms with E-state index < -0.39 is 18.0 Å². The minimum Gasteiger partial charge on any atom is -0.449 e. The molecule has 27 heavy (non-hydrogen) atoms. The van der Waals surface area contributed by atoms with Gasteiger partial charge in [0.05, 0.1) is 0 Å². The molecule has 142 valence electrons. The summed E-state index contributed by atoms with van der Waals surface area (Å²) in [6.45, 7) is 6.17. The number of hydrogen-bond donors (Lipinski definition) is 2. The number of nitrogens with two attached hydrogens (primary N) is 1. The normalized spacial score (nSPS) is 14.2. The van der Waals surface area contributed by atoms with Crippen molar-refractivity contribution in [1.29, 1.82) is 0 Å². The molecule has 2 amide bonds. The Balaban J connectivity index is 1.69. The van der Waals surface area contributed by atoms with E-state index in [0.29, 0.717) is 6.42 Å². The van der Waals surface area contributed by atoms with Crippen molar-refractivity contribution in [2.24, 2.45) is 11.1 Å². The van der Waals surface area contributed by atoms with Crippen molar-refractivity contribution in [3.05, 3.63) is 59.7 Å². The fourth-order valence-corrected chi connectivity index (χ4v) is 3.62. The molecule has 1 aliphatic carbocycles. The molecule has 2 aromatic carbocycles. The second kappa shape index (κ2) is 7.43. The van der Waals surface area contributed by atoms with Crippen molar-refractivity contribution in [2.75, 3.05) is 6.61 Å². The molecular weight excluding hydrogens is 340 g/mol. The molecule has 0 aromatic heterocycles. The van der Waals surface area contributed by atoms with Crippen LogP contribution in [0.2, 0.25) is 0 Å². The standard InChI is InChI=1S/C22H26N2O3/c1-22(2,3)12-19(20(23)25)24-21(26)27-13-18-16-10-6-4-8-14(16)15-9-5-7-11-17(15)18/h4-11,18-19H,12-13H2,1-3H3,(H2,23,25)(H,24,26). The van der Waals surface area contributed by atoms with Gasteiger partial charge in [-0.15, -0.1) is 0 Å². The zero-order valence-electron chi connectivity index (χ0n) is 16.0. The highest BCUT2D eigenvalue weighted by molar-refractivity contribution is 5.84. The molecular formula is C22H26N2O3. The predicted octanol–water partition coefficient (Wildman–Crippen LogP) is 3.82. The lowest BCUT2D eigenvalue weighted by atomic mass is 9.88. The van der Waals surface area contributed by atoms with Crippen molar-refractivity contribution in [1.82, 2.24) is 5.32 Å². The topological polar surface area (TPSA) is 81.4 Å². The van der Waals surface area contributed by atoms with Gasteiger partial charge in [0.25, 0.3) is 0 Å². The summed E-state index contributed by atoms with van der Waals surface area (Å²) in [6, 6.07) is 15.5. The maximum absolute atomic E-state index is 12.3. The summed E-state index contributed by atoms with van der Waals surface area (Å²) in [5.41, 5.74) is 9.92. The monoisotopic (exact) mass is 366 g/mol. The molecule has 0 spiro atoms. The Morgan fingerprint density at radius 2 is 1.56 bits per heavy atom. The average Bonchev–Trinajstić information content (AvgIpc) is 2.92. The number of amides is 2. The Morgan fingerprint density at radius 3 is 2.04 bits per heavy atom. The lowest BCUT2D eigenvalue weighted by Gasteiger charge is -2.24. The van der Waals surface area contributed by atoms with Crippen LogP contribution in [0.1, 0.15) is 44.2 Å². The number of carbonyl (C=O) groups excluding carboxylic acids is 2. The van der Waals surface area contributed by atoms with Crippen molar-refractivity contribution < 1.29 is 14.3 Å². The molecule has 1 atom stereocenters. The van der Waals surface area contributed by atoms with Crippen LogP contribution in [0.4, 0.5) is 4.79 Å². The molecule has 0 heterocycles. The first-order chi connectivity index (χ1) is 12.8.